The Hall–Kier alpha value is -3.29. The second-order valence-electron chi connectivity index (χ2n) is 6.57. The molecule has 28 heavy (non-hydrogen) atoms. The Balaban J connectivity index is 1.44. The number of ether oxygens (including phenoxy) is 1. The first-order valence-corrected chi connectivity index (χ1v) is 8.90. The van der Waals surface area contributed by atoms with Gasteiger partial charge >= 0.3 is 6.01 Å². The highest BCUT2D eigenvalue weighted by atomic mass is 19.1. The third-order valence-electron chi connectivity index (χ3n) is 4.58. The van der Waals surface area contributed by atoms with Gasteiger partial charge in [0, 0.05) is 24.7 Å². The minimum Gasteiger partial charge on any atom is -0.422 e. The summed E-state index contributed by atoms with van der Waals surface area (Å²) in [5, 5.41) is 3.78. The summed E-state index contributed by atoms with van der Waals surface area (Å²) < 4.78 is 37.0. The number of hydrogen-bond donors (Lipinski definition) is 0. The van der Waals surface area contributed by atoms with Crippen LogP contribution in [-0.4, -0.2) is 34.0 Å². The lowest BCUT2D eigenvalue weighted by atomic mass is 9.97. The van der Waals surface area contributed by atoms with E-state index in [1.54, 1.807) is 11.0 Å². The average molecular weight is 385 g/mol. The Labute approximate surface area is 159 Å². The molecule has 0 bridgehead atoms. The SMILES string of the molecule is O=C(c1ccc(F)cc1)N1CCCC(c2nc(Oc3cccc(F)c3)no2)C1. The molecule has 4 rings (SSSR count). The van der Waals surface area contributed by atoms with E-state index in [-0.39, 0.29) is 29.4 Å². The number of likely N-dealkylation sites (tertiary alicyclic amines) is 1. The van der Waals surface area contributed by atoms with Crippen LogP contribution >= 0.6 is 0 Å². The molecule has 1 aromatic heterocycles. The molecule has 1 aliphatic heterocycles. The van der Waals surface area contributed by atoms with Crippen LogP contribution in [0.1, 0.15) is 35.0 Å². The molecule has 2 aromatic carbocycles. The van der Waals surface area contributed by atoms with E-state index in [1.165, 1.54) is 42.5 Å². The van der Waals surface area contributed by atoms with E-state index in [4.69, 9.17) is 9.26 Å². The maximum absolute atomic E-state index is 13.2. The summed E-state index contributed by atoms with van der Waals surface area (Å²) >= 11 is 0. The summed E-state index contributed by atoms with van der Waals surface area (Å²) in [5.74, 6) is -0.476. The summed E-state index contributed by atoms with van der Waals surface area (Å²) in [7, 11) is 0. The van der Waals surface area contributed by atoms with Gasteiger partial charge in [0.05, 0.1) is 5.92 Å². The lowest BCUT2D eigenvalue weighted by molar-refractivity contribution is 0.0695. The molecule has 0 saturated carbocycles. The van der Waals surface area contributed by atoms with Crippen LogP contribution in [0.2, 0.25) is 0 Å². The van der Waals surface area contributed by atoms with E-state index in [2.05, 4.69) is 10.1 Å². The Morgan fingerprint density at radius 2 is 1.96 bits per heavy atom. The highest BCUT2D eigenvalue weighted by molar-refractivity contribution is 5.94. The van der Waals surface area contributed by atoms with E-state index in [1.807, 2.05) is 0 Å². The summed E-state index contributed by atoms with van der Waals surface area (Å²) in [6.45, 7) is 1.02. The molecule has 0 spiro atoms. The average Bonchev–Trinajstić information content (AvgIpc) is 3.17. The number of aromatic nitrogens is 2. The van der Waals surface area contributed by atoms with E-state index >= 15 is 0 Å². The van der Waals surface area contributed by atoms with Crippen LogP contribution in [0, 0.1) is 11.6 Å². The van der Waals surface area contributed by atoms with Gasteiger partial charge < -0.3 is 14.2 Å². The molecule has 6 nitrogen and oxygen atoms in total. The van der Waals surface area contributed by atoms with Crippen LogP contribution in [0.3, 0.4) is 0 Å². The zero-order chi connectivity index (χ0) is 19.5. The number of rotatable bonds is 4. The number of carbonyl (C=O) groups is 1. The molecule has 1 atom stereocenters. The van der Waals surface area contributed by atoms with Gasteiger partial charge in [-0.1, -0.05) is 6.07 Å². The van der Waals surface area contributed by atoms with Crippen molar-refractivity contribution in [3.8, 4) is 11.8 Å². The van der Waals surface area contributed by atoms with Crippen molar-refractivity contribution in [2.45, 2.75) is 18.8 Å². The molecule has 1 aliphatic rings. The number of amides is 1. The first kappa shape index (κ1) is 18.1. The molecule has 1 saturated heterocycles. The van der Waals surface area contributed by atoms with Crippen LogP contribution in [0.5, 0.6) is 11.8 Å². The Morgan fingerprint density at radius 3 is 2.75 bits per heavy atom. The van der Waals surface area contributed by atoms with Crippen LogP contribution in [0.25, 0.3) is 0 Å². The molecule has 144 valence electrons. The summed E-state index contributed by atoms with van der Waals surface area (Å²) in [4.78, 5) is 18.6. The highest BCUT2D eigenvalue weighted by Crippen LogP contribution is 2.29. The fourth-order valence-electron chi connectivity index (χ4n) is 3.20. The zero-order valence-electron chi connectivity index (χ0n) is 14.8. The van der Waals surface area contributed by atoms with E-state index in [0.29, 0.717) is 24.5 Å². The van der Waals surface area contributed by atoms with E-state index in [9.17, 15) is 13.6 Å². The Morgan fingerprint density at radius 1 is 1.14 bits per heavy atom. The van der Waals surface area contributed by atoms with Crippen molar-refractivity contribution in [3.05, 3.63) is 71.6 Å². The predicted molar refractivity (Wildman–Crippen MR) is 95.1 cm³/mol. The Kier molecular flexibility index (Phi) is 5.01. The highest BCUT2D eigenvalue weighted by Gasteiger charge is 2.29. The van der Waals surface area contributed by atoms with Gasteiger partial charge in [-0.3, -0.25) is 4.79 Å². The van der Waals surface area contributed by atoms with Crippen molar-refractivity contribution >= 4 is 5.91 Å². The lowest BCUT2D eigenvalue weighted by Crippen LogP contribution is -2.39. The normalized spacial score (nSPS) is 16.8. The van der Waals surface area contributed by atoms with Crippen LogP contribution in [-0.2, 0) is 0 Å². The number of benzene rings is 2. The van der Waals surface area contributed by atoms with Gasteiger partial charge in [-0.15, -0.1) is 0 Å². The van der Waals surface area contributed by atoms with Gasteiger partial charge in [-0.2, -0.15) is 4.98 Å². The molecule has 2 heterocycles. The molecule has 1 amide bonds. The third-order valence-corrected chi connectivity index (χ3v) is 4.58. The molecule has 1 unspecified atom stereocenters. The van der Waals surface area contributed by atoms with E-state index < -0.39 is 5.82 Å². The molecule has 0 aliphatic carbocycles. The second kappa shape index (κ2) is 7.75. The van der Waals surface area contributed by atoms with Crippen LogP contribution < -0.4 is 4.74 Å². The number of nitrogens with zero attached hydrogens (tertiary/aromatic N) is 3. The minimum absolute atomic E-state index is 0.0115. The number of carbonyl (C=O) groups excluding carboxylic acids is 1. The lowest BCUT2D eigenvalue weighted by Gasteiger charge is -2.31. The topological polar surface area (TPSA) is 68.5 Å². The standard InChI is InChI=1S/C20H17F2N3O3/c21-15-8-6-13(7-9-15)19(26)25-10-2-3-14(12-25)18-23-20(24-28-18)27-17-5-1-4-16(22)11-17/h1,4-9,11,14H,2-3,10,12H2. The van der Waals surface area contributed by atoms with Gasteiger partial charge in [-0.05, 0) is 54.4 Å². The second-order valence-corrected chi connectivity index (χ2v) is 6.57. The van der Waals surface area contributed by atoms with Crippen molar-refractivity contribution in [1.82, 2.24) is 15.0 Å². The molecule has 0 radical (unpaired) electrons. The van der Waals surface area contributed by atoms with Gasteiger partial charge in [0.1, 0.15) is 17.4 Å². The third kappa shape index (κ3) is 4.00. The van der Waals surface area contributed by atoms with Crippen LogP contribution in [0.15, 0.2) is 53.1 Å². The first-order chi connectivity index (χ1) is 13.6. The fraction of sp³-hybridized carbons (Fsp3) is 0.250. The number of halogens is 2. The van der Waals surface area contributed by atoms with Crippen LogP contribution in [0.4, 0.5) is 8.78 Å². The molecule has 8 heteroatoms. The molecule has 0 N–H and O–H groups in total. The minimum atomic E-state index is -0.427. The van der Waals surface area contributed by atoms with Crippen molar-refractivity contribution in [2.75, 3.05) is 13.1 Å². The smallest absolute Gasteiger partial charge is 0.359 e. The fourth-order valence-corrected chi connectivity index (χ4v) is 3.20. The quantitative estimate of drug-likeness (QED) is 0.675. The number of piperidine rings is 1. The Bertz CT molecular complexity index is 975. The van der Waals surface area contributed by atoms with Crippen molar-refractivity contribution in [2.24, 2.45) is 0 Å². The summed E-state index contributed by atoms with van der Waals surface area (Å²) in [6, 6.07) is 11.1. The van der Waals surface area contributed by atoms with Crippen molar-refractivity contribution in [1.29, 1.82) is 0 Å². The van der Waals surface area contributed by atoms with Gasteiger partial charge in [0.25, 0.3) is 5.91 Å². The monoisotopic (exact) mass is 385 g/mol. The molecular formula is C20H17F2N3O3. The molecule has 1 fully saturated rings. The van der Waals surface area contributed by atoms with Crippen molar-refractivity contribution < 1.29 is 22.8 Å². The zero-order valence-corrected chi connectivity index (χ0v) is 14.8. The molecular weight excluding hydrogens is 368 g/mol. The first-order valence-electron chi connectivity index (χ1n) is 8.90. The largest absolute Gasteiger partial charge is 0.422 e. The molecule has 3 aromatic rings. The van der Waals surface area contributed by atoms with Gasteiger partial charge in [-0.25, -0.2) is 8.78 Å². The van der Waals surface area contributed by atoms with Crippen molar-refractivity contribution in [3.63, 3.8) is 0 Å². The predicted octanol–water partition coefficient (Wildman–Crippen LogP) is 4.16. The maximum Gasteiger partial charge on any atom is 0.359 e. The summed E-state index contributed by atoms with van der Waals surface area (Å²) in [5.41, 5.74) is 0.433. The summed E-state index contributed by atoms with van der Waals surface area (Å²) in [6.07, 6.45) is 1.56. The van der Waals surface area contributed by atoms with Gasteiger partial charge in [0.2, 0.25) is 5.89 Å². The maximum atomic E-state index is 13.2. The number of hydrogen-bond acceptors (Lipinski definition) is 5. The van der Waals surface area contributed by atoms with E-state index in [0.717, 1.165) is 12.8 Å². The van der Waals surface area contributed by atoms with Gasteiger partial charge in [0.15, 0.2) is 0 Å².